The van der Waals surface area contributed by atoms with Crippen LogP contribution in [0.3, 0.4) is 0 Å². The summed E-state index contributed by atoms with van der Waals surface area (Å²) in [6.07, 6.45) is 3.06. The van der Waals surface area contributed by atoms with Gasteiger partial charge in [-0.1, -0.05) is 23.7 Å². The number of nitrogens with one attached hydrogen (secondary N) is 2. The van der Waals surface area contributed by atoms with Crippen molar-refractivity contribution < 1.29 is 4.79 Å². The first kappa shape index (κ1) is 15.1. The number of carbonyl (C=O) groups excluding carboxylic acids is 1. The molecular weight excluding hydrogens is 324 g/mol. The van der Waals surface area contributed by atoms with Crippen molar-refractivity contribution in [3.05, 3.63) is 51.9 Å². The molecule has 5 nitrogen and oxygen atoms in total. The van der Waals surface area contributed by atoms with Gasteiger partial charge in [0.05, 0.1) is 11.3 Å². The molecule has 0 radical (unpaired) electrons. The van der Waals surface area contributed by atoms with Gasteiger partial charge in [0, 0.05) is 10.7 Å². The zero-order valence-corrected chi connectivity index (χ0v) is 14.2. The highest BCUT2D eigenvalue weighted by atomic mass is 35.5. The number of H-pyrrole nitrogens is 1. The van der Waals surface area contributed by atoms with Gasteiger partial charge < -0.3 is 10.3 Å². The Hall–Kier alpha value is -2.40. The summed E-state index contributed by atoms with van der Waals surface area (Å²) < 4.78 is 0. The summed E-state index contributed by atoms with van der Waals surface area (Å²) in [4.78, 5) is 24.6. The average Bonchev–Trinajstić information content (AvgIpc) is 3.11. The Morgan fingerprint density at radius 2 is 2.17 bits per heavy atom. The molecule has 2 aromatic heterocycles. The Bertz CT molecular complexity index is 963. The zero-order chi connectivity index (χ0) is 16.8. The number of benzene rings is 1. The van der Waals surface area contributed by atoms with Gasteiger partial charge in [-0.05, 0) is 49.4 Å². The third-order valence-corrected chi connectivity index (χ3v) is 5.22. The normalized spacial score (nSPS) is 16.4. The first-order valence-corrected chi connectivity index (χ1v) is 8.32. The SMILES string of the molecule is Cc1[nH]c2ncnc(NC(=O)[C@@H]3CCc4c(Cl)cccc43)c2c1C. The van der Waals surface area contributed by atoms with Gasteiger partial charge in [0.15, 0.2) is 0 Å². The molecule has 4 rings (SSSR count). The van der Waals surface area contributed by atoms with E-state index in [0.717, 1.165) is 51.3 Å². The minimum absolute atomic E-state index is 0.0470. The fourth-order valence-corrected chi connectivity index (χ4v) is 3.75. The molecule has 6 heteroatoms. The van der Waals surface area contributed by atoms with Crippen molar-refractivity contribution in [3.63, 3.8) is 0 Å². The molecule has 1 aliphatic carbocycles. The van der Waals surface area contributed by atoms with E-state index in [-0.39, 0.29) is 11.8 Å². The Kier molecular flexibility index (Phi) is 3.53. The fraction of sp³-hybridized carbons (Fsp3) is 0.278. The van der Waals surface area contributed by atoms with Gasteiger partial charge in [-0.3, -0.25) is 4.79 Å². The smallest absolute Gasteiger partial charge is 0.233 e. The predicted octanol–water partition coefficient (Wildman–Crippen LogP) is 3.90. The highest BCUT2D eigenvalue weighted by molar-refractivity contribution is 6.31. The van der Waals surface area contributed by atoms with Crippen LogP contribution in [-0.4, -0.2) is 20.9 Å². The number of amides is 1. The van der Waals surface area contributed by atoms with E-state index < -0.39 is 0 Å². The van der Waals surface area contributed by atoms with Crippen LogP contribution in [0.2, 0.25) is 5.02 Å². The van der Waals surface area contributed by atoms with Crippen LogP contribution in [0.15, 0.2) is 24.5 Å². The summed E-state index contributed by atoms with van der Waals surface area (Å²) >= 11 is 6.25. The van der Waals surface area contributed by atoms with E-state index in [1.807, 2.05) is 32.0 Å². The van der Waals surface area contributed by atoms with Crippen molar-refractivity contribution in [2.24, 2.45) is 0 Å². The molecule has 24 heavy (non-hydrogen) atoms. The number of halogens is 1. The summed E-state index contributed by atoms with van der Waals surface area (Å²) in [7, 11) is 0. The van der Waals surface area contributed by atoms with E-state index in [1.165, 1.54) is 6.33 Å². The lowest BCUT2D eigenvalue weighted by Crippen LogP contribution is -2.20. The van der Waals surface area contributed by atoms with Crippen LogP contribution in [0.25, 0.3) is 11.0 Å². The second-order valence-electron chi connectivity index (χ2n) is 6.21. The molecule has 3 aromatic rings. The molecule has 0 saturated heterocycles. The molecule has 1 aromatic carbocycles. The second-order valence-corrected chi connectivity index (χ2v) is 6.62. The topological polar surface area (TPSA) is 70.7 Å². The summed E-state index contributed by atoms with van der Waals surface area (Å²) in [6, 6.07) is 5.76. The lowest BCUT2D eigenvalue weighted by Gasteiger charge is -2.13. The minimum atomic E-state index is -0.191. The molecule has 0 unspecified atom stereocenters. The van der Waals surface area contributed by atoms with Gasteiger partial charge in [-0.25, -0.2) is 9.97 Å². The van der Waals surface area contributed by atoms with Crippen LogP contribution in [0, 0.1) is 13.8 Å². The van der Waals surface area contributed by atoms with Crippen molar-refractivity contribution >= 4 is 34.4 Å². The van der Waals surface area contributed by atoms with Crippen LogP contribution in [-0.2, 0) is 11.2 Å². The number of aryl methyl sites for hydroxylation is 2. The van der Waals surface area contributed by atoms with Gasteiger partial charge in [0.2, 0.25) is 5.91 Å². The summed E-state index contributed by atoms with van der Waals surface area (Å²) in [6.45, 7) is 3.98. The Morgan fingerprint density at radius 3 is 3.00 bits per heavy atom. The number of hydrogen-bond donors (Lipinski definition) is 2. The monoisotopic (exact) mass is 340 g/mol. The molecule has 0 saturated carbocycles. The number of carbonyl (C=O) groups is 1. The largest absolute Gasteiger partial charge is 0.343 e. The van der Waals surface area contributed by atoms with E-state index in [0.29, 0.717) is 5.82 Å². The van der Waals surface area contributed by atoms with Crippen molar-refractivity contribution in [1.82, 2.24) is 15.0 Å². The number of hydrogen-bond acceptors (Lipinski definition) is 3. The molecule has 2 heterocycles. The van der Waals surface area contributed by atoms with Crippen molar-refractivity contribution in [3.8, 4) is 0 Å². The standard InChI is InChI=1S/C18H17ClN4O/c1-9-10(2)22-16-15(9)17(21-8-20-16)23-18(24)13-7-6-12-11(13)4-3-5-14(12)19/h3-5,8,13H,6-7H2,1-2H3,(H2,20,21,22,23,24)/t13-/m1/s1. The number of anilines is 1. The second kappa shape index (κ2) is 5.60. The van der Waals surface area contributed by atoms with Crippen LogP contribution in [0.1, 0.15) is 34.7 Å². The van der Waals surface area contributed by atoms with E-state index in [9.17, 15) is 4.79 Å². The van der Waals surface area contributed by atoms with E-state index in [2.05, 4.69) is 20.3 Å². The van der Waals surface area contributed by atoms with Crippen LogP contribution < -0.4 is 5.32 Å². The fourth-order valence-electron chi connectivity index (χ4n) is 3.48. The van der Waals surface area contributed by atoms with Crippen molar-refractivity contribution in [2.75, 3.05) is 5.32 Å². The molecule has 1 aliphatic rings. The maximum atomic E-state index is 12.8. The molecule has 0 fully saturated rings. The molecule has 0 spiro atoms. The van der Waals surface area contributed by atoms with Gasteiger partial charge in [-0.15, -0.1) is 0 Å². The highest BCUT2D eigenvalue weighted by Crippen LogP contribution is 2.38. The number of aromatic amines is 1. The summed E-state index contributed by atoms with van der Waals surface area (Å²) in [5.74, 6) is 0.320. The highest BCUT2D eigenvalue weighted by Gasteiger charge is 2.30. The quantitative estimate of drug-likeness (QED) is 0.743. The predicted molar refractivity (Wildman–Crippen MR) is 94.5 cm³/mol. The maximum Gasteiger partial charge on any atom is 0.233 e. The van der Waals surface area contributed by atoms with E-state index in [4.69, 9.17) is 11.6 Å². The average molecular weight is 341 g/mol. The molecule has 2 N–H and O–H groups in total. The van der Waals surface area contributed by atoms with Gasteiger partial charge in [0.1, 0.15) is 17.8 Å². The van der Waals surface area contributed by atoms with Gasteiger partial charge >= 0.3 is 0 Å². The minimum Gasteiger partial charge on any atom is -0.343 e. The van der Waals surface area contributed by atoms with Crippen molar-refractivity contribution in [2.45, 2.75) is 32.6 Å². The van der Waals surface area contributed by atoms with Gasteiger partial charge in [0.25, 0.3) is 0 Å². The van der Waals surface area contributed by atoms with Crippen LogP contribution >= 0.6 is 11.6 Å². The first-order chi connectivity index (χ1) is 11.6. The Labute approximate surface area is 144 Å². The molecule has 0 bridgehead atoms. The zero-order valence-electron chi connectivity index (χ0n) is 13.5. The molecule has 0 aliphatic heterocycles. The molecule has 1 atom stereocenters. The first-order valence-electron chi connectivity index (χ1n) is 7.94. The third-order valence-electron chi connectivity index (χ3n) is 4.86. The summed E-state index contributed by atoms with van der Waals surface area (Å²) in [5.41, 5.74) is 4.92. The molecule has 1 amide bonds. The third kappa shape index (κ3) is 2.27. The lowest BCUT2D eigenvalue weighted by atomic mass is 10.0. The Balaban J connectivity index is 1.68. The Morgan fingerprint density at radius 1 is 1.33 bits per heavy atom. The number of nitrogens with zero attached hydrogens (tertiary/aromatic N) is 2. The maximum absolute atomic E-state index is 12.8. The molecule has 122 valence electrons. The van der Waals surface area contributed by atoms with Gasteiger partial charge in [-0.2, -0.15) is 0 Å². The number of aromatic nitrogens is 3. The van der Waals surface area contributed by atoms with Crippen LogP contribution in [0.5, 0.6) is 0 Å². The van der Waals surface area contributed by atoms with E-state index in [1.54, 1.807) is 0 Å². The molecular formula is C18H17ClN4O. The number of rotatable bonds is 2. The summed E-state index contributed by atoms with van der Waals surface area (Å²) in [5, 5.41) is 4.60. The number of fused-ring (bicyclic) bond motifs is 2. The van der Waals surface area contributed by atoms with E-state index >= 15 is 0 Å². The van der Waals surface area contributed by atoms with Crippen molar-refractivity contribution in [1.29, 1.82) is 0 Å². The van der Waals surface area contributed by atoms with Crippen LogP contribution in [0.4, 0.5) is 5.82 Å². The lowest BCUT2D eigenvalue weighted by molar-refractivity contribution is -0.117.